The summed E-state index contributed by atoms with van der Waals surface area (Å²) >= 11 is 1.37. The summed E-state index contributed by atoms with van der Waals surface area (Å²) in [5.41, 5.74) is 1.65. The second kappa shape index (κ2) is 8.97. The summed E-state index contributed by atoms with van der Waals surface area (Å²) in [5.74, 6) is 2.85. The maximum absolute atomic E-state index is 9.45. The lowest BCUT2D eigenvalue weighted by Gasteiger charge is -2.14. The van der Waals surface area contributed by atoms with Crippen LogP contribution in [0.4, 0.5) is 5.82 Å². The fraction of sp³-hybridized carbons (Fsp3) is 0.381. The Balaban J connectivity index is 2.21. The summed E-state index contributed by atoms with van der Waals surface area (Å²) < 4.78 is 16.3. The number of rotatable bonds is 8. The minimum atomic E-state index is 0.514. The van der Waals surface area contributed by atoms with Gasteiger partial charge < -0.3 is 19.5 Å². The minimum absolute atomic E-state index is 0.514. The van der Waals surface area contributed by atoms with Gasteiger partial charge in [0.2, 0.25) is 5.75 Å². The third-order valence-corrected chi connectivity index (χ3v) is 5.73. The van der Waals surface area contributed by atoms with Crippen LogP contribution in [-0.2, 0) is 0 Å². The van der Waals surface area contributed by atoms with E-state index in [1.165, 1.54) is 11.3 Å². The van der Waals surface area contributed by atoms with Crippen molar-refractivity contribution in [3.8, 4) is 34.7 Å². The summed E-state index contributed by atoms with van der Waals surface area (Å²) in [7, 11) is 4.71. The second-order valence-corrected chi connectivity index (χ2v) is 7.44. The molecule has 2 heterocycles. The van der Waals surface area contributed by atoms with Gasteiger partial charge in [0.15, 0.2) is 17.3 Å². The monoisotopic (exact) mass is 412 g/mol. The van der Waals surface area contributed by atoms with E-state index in [4.69, 9.17) is 24.2 Å². The van der Waals surface area contributed by atoms with Crippen molar-refractivity contribution in [2.24, 2.45) is 0 Å². The summed E-state index contributed by atoms with van der Waals surface area (Å²) in [6.07, 6.45) is 2.10. The van der Waals surface area contributed by atoms with Gasteiger partial charge >= 0.3 is 0 Å². The average Bonchev–Trinajstić information content (AvgIpc) is 3.08. The van der Waals surface area contributed by atoms with Gasteiger partial charge in [0.1, 0.15) is 21.6 Å². The van der Waals surface area contributed by atoms with E-state index in [1.807, 2.05) is 19.1 Å². The molecule has 2 aromatic heterocycles. The van der Waals surface area contributed by atoms with Crippen molar-refractivity contribution in [1.82, 2.24) is 9.97 Å². The number of nitrogens with one attached hydrogen (secondary N) is 1. The number of hydrogen-bond acceptors (Lipinski definition) is 8. The maximum atomic E-state index is 9.45. The van der Waals surface area contributed by atoms with Crippen LogP contribution in [0.5, 0.6) is 17.2 Å². The van der Waals surface area contributed by atoms with E-state index in [9.17, 15) is 5.26 Å². The Hall–Kier alpha value is -3.05. The Morgan fingerprint density at radius 2 is 1.79 bits per heavy atom. The van der Waals surface area contributed by atoms with Gasteiger partial charge in [-0.15, -0.1) is 11.3 Å². The van der Waals surface area contributed by atoms with E-state index in [0.717, 1.165) is 46.5 Å². The SMILES string of the molecule is CCCCNc1nc(-c2cc(OC)c(OC)c(OC)c2)nc2sc(C#N)c(C)c12. The number of fused-ring (bicyclic) bond motifs is 1. The van der Waals surface area contributed by atoms with Crippen LogP contribution in [0, 0.1) is 18.3 Å². The number of benzene rings is 1. The van der Waals surface area contributed by atoms with Gasteiger partial charge in [-0.3, -0.25) is 0 Å². The Morgan fingerprint density at radius 3 is 2.34 bits per heavy atom. The van der Waals surface area contributed by atoms with Crippen molar-refractivity contribution in [2.45, 2.75) is 26.7 Å². The number of anilines is 1. The first-order valence-corrected chi connectivity index (χ1v) is 10.1. The molecule has 3 rings (SSSR count). The highest BCUT2D eigenvalue weighted by Crippen LogP contribution is 2.42. The predicted octanol–water partition coefficient (Wildman–Crippen LogP) is 4.78. The van der Waals surface area contributed by atoms with E-state index in [0.29, 0.717) is 28.0 Å². The first-order valence-electron chi connectivity index (χ1n) is 9.33. The van der Waals surface area contributed by atoms with Crippen LogP contribution < -0.4 is 19.5 Å². The normalized spacial score (nSPS) is 10.6. The number of nitrogens with zero attached hydrogens (tertiary/aromatic N) is 3. The fourth-order valence-electron chi connectivity index (χ4n) is 3.10. The Bertz CT molecular complexity index is 1050. The number of nitriles is 1. The topological polar surface area (TPSA) is 89.3 Å². The first-order chi connectivity index (χ1) is 14.1. The third-order valence-electron chi connectivity index (χ3n) is 4.64. The molecule has 0 spiro atoms. The quantitative estimate of drug-likeness (QED) is 0.533. The van der Waals surface area contributed by atoms with E-state index in [2.05, 4.69) is 18.3 Å². The van der Waals surface area contributed by atoms with Gasteiger partial charge in [0.05, 0.1) is 26.7 Å². The minimum Gasteiger partial charge on any atom is -0.493 e. The van der Waals surface area contributed by atoms with Gasteiger partial charge in [-0.05, 0) is 31.0 Å². The molecule has 3 aromatic rings. The molecule has 1 aromatic carbocycles. The Morgan fingerprint density at radius 1 is 1.10 bits per heavy atom. The predicted molar refractivity (Wildman–Crippen MR) is 115 cm³/mol. The molecule has 8 heteroatoms. The molecule has 29 heavy (non-hydrogen) atoms. The number of aromatic nitrogens is 2. The zero-order valence-corrected chi connectivity index (χ0v) is 18.1. The lowest BCUT2D eigenvalue weighted by molar-refractivity contribution is 0.324. The Labute approximate surface area is 174 Å². The smallest absolute Gasteiger partial charge is 0.203 e. The van der Waals surface area contributed by atoms with Crippen LogP contribution in [0.25, 0.3) is 21.6 Å². The highest BCUT2D eigenvalue weighted by molar-refractivity contribution is 7.19. The fourth-order valence-corrected chi connectivity index (χ4v) is 4.07. The van der Waals surface area contributed by atoms with E-state index >= 15 is 0 Å². The molecule has 1 N–H and O–H groups in total. The molecule has 7 nitrogen and oxygen atoms in total. The highest BCUT2D eigenvalue weighted by Gasteiger charge is 2.20. The highest BCUT2D eigenvalue weighted by atomic mass is 32.1. The molecule has 0 radical (unpaired) electrons. The molecular formula is C21H24N4O3S. The van der Waals surface area contributed by atoms with Crippen LogP contribution in [-0.4, -0.2) is 37.8 Å². The van der Waals surface area contributed by atoms with Crippen LogP contribution >= 0.6 is 11.3 Å². The van der Waals surface area contributed by atoms with E-state index in [1.54, 1.807) is 21.3 Å². The maximum Gasteiger partial charge on any atom is 0.203 e. The molecule has 0 aliphatic heterocycles. The lowest BCUT2D eigenvalue weighted by Crippen LogP contribution is -2.05. The molecule has 0 fully saturated rings. The molecule has 0 unspecified atom stereocenters. The first kappa shape index (κ1) is 20.7. The molecular weight excluding hydrogens is 388 g/mol. The van der Waals surface area contributed by atoms with Gasteiger partial charge in [0.25, 0.3) is 0 Å². The number of methoxy groups -OCH3 is 3. The molecule has 0 bridgehead atoms. The summed E-state index contributed by atoms with van der Waals surface area (Å²) in [4.78, 5) is 10.9. The summed E-state index contributed by atoms with van der Waals surface area (Å²) in [6.45, 7) is 4.88. The number of ether oxygens (including phenoxy) is 3. The summed E-state index contributed by atoms with van der Waals surface area (Å²) in [6, 6.07) is 5.90. The van der Waals surface area contributed by atoms with Gasteiger partial charge in [-0.25, -0.2) is 9.97 Å². The number of hydrogen-bond donors (Lipinski definition) is 1. The largest absolute Gasteiger partial charge is 0.493 e. The lowest BCUT2D eigenvalue weighted by atomic mass is 10.1. The second-order valence-electron chi connectivity index (χ2n) is 6.44. The molecule has 0 amide bonds. The standard InChI is InChI=1S/C21H24N4O3S/c1-6-7-8-23-20-17-12(2)16(11-22)29-21(17)25-19(24-20)13-9-14(26-3)18(28-5)15(10-13)27-4/h9-10H,6-8H2,1-5H3,(H,23,24,25). The zero-order chi connectivity index (χ0) is 21.0. The summed E-state index contributed by atoms with van der Waals surface area (Å²) in [5, 5.41) is 13.8. The van der Waals surface area contributed by atoms with Crippen molar-refractivity contribution < 1.29 is 14.2 Å². The third kappa shape index (κ3) is 3.91. The van der Waals surface area contributed by atoms with Gasteiger partial charge in [-0.1, -0.05) is 13.3 Å². The van der Waals surface area contributed by atoms with Crippen LogP contribution in [0.1, 0.15) is 30.2 Å². The molecule has 152 valence electrons. The number of aryl methyl sites for hydroxylation is 1. The van der Waals surface area contributed by atoms with E-state index < -0.39 is 0 Å². The average molecular weight is 413 g/mol. The number of thiophene rings is 1. The number of unbranched alkanes of at least 4 members (excludes halogenated alkanes) is 1. The molecule has 0 atom stereocenters. The van der Waals surface area contributed by atoms with Crippen molar-refractivity contribution in [3.63, 3.8) is 0 Å². The molecule has 0 saturated carbocycles. The van der Waals surface area contributed by atoms with Crippen LogP contribution in [0.2, 0.25) is 0 Å². The van der Waals surface area contributed by atoms with Crippen LogP contribution in [0.3, 0.4) is 0 Å². The molecule has 0 saturated heterocycles. The van der Waals surface area contributed by atoms with Crippen LogP contribution in [0.15, 0.2) is 12.1 Å². The molecule has 0 aliphatic carbocycles. The van der Waals surface area contributed by atoms with Gasteiger partial charge in [-0.2, -0.15) is 5.26 Å². The van der Waals surface area contributed by atoms with Crippen molar-refractivity contribution in [1.29, 1.82) is 5.26 Å². The molecule has 0 aliphatic rings. The van der Waals surface area contributed by atoms with Gasteiger partial charge in [0, 0.05) is 12.1 Å². The van der Waals surface area contributed by atoms with Crippen molar-refractivity contribution in [3.05, 3.63) is 22.6 Å². The van der Waals surface area contributed by atoms with Crippen molar-refractivity contribution >= 4 is 27.4 Å². The zero-order valence-electron chi connectivity index (χ0n) is 17.3. The van der Waals surface area contributed by atoms with Crippen molar-refractivity contribution in [2.75, 3.05) is 33.2 Å². The Kier molecular flexibility index (Phi) is 6.39. The van der Waals surface area contributed by atoms with E-state index in [-0.39, 0.29) is 0 Å².